The monoisotopic (exact) mass is 533 g/mol. The number of aromatic nitrogens is 3. The van der Waals surface area contributed by atoms with Gasteiger partial charge >= 0.3 is 0 Å². The summed E-state index contributed by atoms with van der Waals surface area (Å²) in [6.07, 6.45) is 1.90. The van der Waals surface area contributed by atoms with Crippen molar-refractivity contribution in [2.24, 2.45) is 0 Å². The quantitative estimate of drug-likeness (QED) is 0.217. The molecular formula is C39H23N3. The summed E-state index contributed by atoms with van der Waals surface area (Å²) in [4.78, 5) is 4.76. The van der Waals surface area contributed by atoms with Gasteiger partial charge in [0.1, 0.15) is 0 Å². The van der Waals surface area contributed by atoms with Crippen LogP contribution < -0.4 is 0 Å². The topological polar surface area (TPSA) is 22.8 Å². The zero-order chi connectivity index (χ0) is 27.4. The van der Waals surface area contributed by atoms with E-state index in [1.54, 1.807) is 0 Å². The minimum Gasteiger partial charge on any atom is -0.309 e. The molecule has 9 aromatic rings. The van der Waals surface area contributed by atoms with E-state index in [2.05, 4.69) is 137 Å². The van der Waals surface area contributed by atoms with Crippen LogP contribution in [0.4, 0.5) is 0 Å². The Balaban J connectivity index is 1.28. The van der Waals surface area contributed by atoms with Crippen LogP contribution in [0.2, 0.25) is 0 Å². The van der Waals surface area contributed by atoms with E-state index < -0.39 is 0 Å². The lowest BCUT2D eigenvalue weighted by molar-refractivity contribution is 1.17. The molecule has 0 amide bonds. The van der Waals surface area contributed by atoms with E-state index in [1.165, 1.54) is 82.4 Å². The van der Waals surface area contributed by atoms with Gasteiger partial charge in [0.2, 0.25) is 0 Å². The summed E-state index contributed by atoms with van der Waals surface area (Å²) in [5, 5.41) is 7.59. The van der Waals surface area contributed by atoms with Crippen molar-refractivity contribution in [3.8, 4) is 33.8 Å². The Morgan fingerprint density at radius 2 is 1.02 bits per heavy atom. The molecule has 0 fully saturated rings. The normalized spacial score (nSPS) is 12.3. The molecule has 0 N–H and O–H groups in total. The van der Waals surface area contributed by atoms with Crippen LogP contribution in [0, 0.1) is 0 Å². The molecule has 0 unspecified atom stereocenters. The minimum absolute atomic E-state index is 1.08. The number of para-hydroxylation sites is 3. The summed E-state index contributed by atoms with van der Waals surface area (Å²) in [6, 6.07) is 48.6. The maximum Gasteiger partial charge on any atom is 0.0786 e. The fraction of sp³-hybridized carbons (Fsp3) is 0. The third kappa shape index (κ3) is 2.72. The van der Waals surface area contributed by atoms with Gasteiger partial charge in [0, 0.05) is 55.3 Å². The standard InChI is InChI=1S/C39H23N3/c1-4-15-33-25(9-1)26-10-2-5-16-34(26)41(33)24-18-20-37-32(23-24)27-11-3-6-17-35(27)42(37)36-21-19-31-38-28(12-7-13-30(36)38)29-14-8-22-40-39(29)31/h1-23H. The summed E-state index contributed by atoms with van der Waals surface area (Å²) < 4.78 is 4.85. The van der Waals surface area contributed by atoms with Gasteiger partial charge in [-0.15, -0.1) is 0 Å². The first-order valence-corrected chi connectivity index (χ1v) is 14.4. The second-order valence-electron chi connectivity index (χ2n) is 11.2. The predicted molar refractivity (Wildman–Crippen MR) is 175 cm³/mol. The molecule has 0 saturated heterocycles. The van der Waals surface area contributed by atoms with Crippen LogP contribution in [-0.4, -0.2) is 14.1 Å². The molecule has 10 rings (SSSR count). The van der Waals surface area contributed by atoms with Gasteiger partial charge in [-0.3, -0.25) is 4.98 Å². The van der Waals surface area contributed by atoms with Gasteiger partial charge < -0.3 is 9.13 Å². The summed E-state index contributed by atoms with van der Waals surface area (Å²) in [7, 11) is 0. The molecule has 3 heteroatoms. The van der Waals surface area contributed by atoms with E-state index in [1.807, 2.05) is 12.3 Å². The lowest BCUT2D eigenvalue weighted by Crippen LogP contribution is -1.97. The molecule has 3 heterocycles. The third-order valence-electron chi connectivity index (χ3n) is 9.11. The second kappa shape index (κ2) is 7.96. The summed E-state index contributed by atoms with van der Waals surface area (Å²) >= 11 is 0. The average Bonchev–Trinajstić information content (AvgIpc) is 3.68. The van der Waals surface area contributed by atoms with E-state index in [0.717, 1.165) is 5.69 Å². The minimum atomic E-state index is 1.08. The van der Waals surface area contributed by atoms with Gasteiger partial charge in [-0.25, -0.2) is 0 Å². The molecule has 0 radical (unpaired) electrons. The van der Waals surface area contributed by atoms with E-state index >= 15 is 0 Å². The van der Waals surface area contributed by atoms with Crippen molar-refractivity contribution in [2.45, 2.75) is 0 Å². The number of benzene rings is 6. The smallest absolute Gasteiger partial charge is 0.0786 e. The zero-order valence-electron chi connectivity index (χ0n) is 22.6. The van der Waals surface area contributed by atoms with Crippen molar-refractivity contribution < 1.29 is 0 Å². The van der Waals surface area contributed by atoms with Crippen LogP contribution in [0.25, 0.3) is 88.1 Å². The fourth-order valence-corrected chi connectivity index (χ4v) is 7.41. The summed E-state index contributed by atoms with van der Waals surface area (Å²) in [6.45, 7) is 0. The average molecular weight is 534 g/mol. The number of nitrogens with zero attached hydrogens (tertiary/aromatic N) is 3. The Morgan fingerprint density at radius 3 is 1.79 bits per heavy atom. The lowest BCUT2D eigenvalue weighted by Gasteiger charge is -2.13. The molecule has 0 bridgehead atoms. The van der Waals surface area contributed by atoms with Crippen molar-refractivity contribution in [2.75, 3.05) is 0 Å². The van der Waals surface area contributed by atoms with E-state index in [4.69, 9.17) is 4.98 Å². The van der Waals surface area contributed by atoms with Crippen LogP contribution in [0.3, 0.4) is 0 Å². The largest absolute Gasteiger partial charge is 0.309 e. The van der Waals surface area contributed by atoms with Gasteiger partial charge in [0.05, 0.1) is 33.4 Å². The van der Waals surface area contributed by atoms with Crippen LogP contribution in [0.15, 0.2) is 140 Å². The van der Waals surface area contributed by atoms with Crippen molar-refractivity contribution >= 4 is 54.4 Å². The summed E-state index contributed by atoms with van der Waals surface area (Å²) in [5.74, 6) is 0. The van der Waals surface area contributed by atoms with Crippen molar-refractivity contribution in [1.29, 1.82) is 0 Å². The SMILES string of the molecule is c1cnc2c(c1)-c1cccc3c(-n4c5ccccc5c5cc(-n6c7ccccc7c7ccccc76)ccc54)ccc-2c13. The Kier molecular flexibility index (Phi) is 4.18. The lowest BCUT2D eigenvalue weighted by atomic mass is 10.0. The maximum absolute atomic E-state index is 4.76. The van der Waals surface area contributed by atoms with E-state index in [9.17, 15) is 0 Å². The number of hydrogen-bond donors (Lipinski definition) is 0. The highest BCUT2D eigenvalue weighted by Gasteiger charge is 2.24. The van der Waals surface area contributed by atoms with E-state index in [-0.39, 0.29) is 0 Å². The number of fused-ring (bicyclic) bond motifs is 9. The van der Waals surface area contributed by atoms with Crippen LogP contribution in [-0.2, 0) is 0 Å². The molecule has 3 nitrogen and oxygen atoms in total. The molecule has 3 aromatic heterocycles. The first-order valence-electron chi connectivity index (χ1n) is 14.4. The van der Waals surface area contributed by atoms with Crippen molar-refractivity contribution in [3.05, 3.63) is 140 Å². The Bertz CT molecular complexity index is 2500. The first kappa shape index (κ1) is 22.1. The molecule has 1 aliphatic carbocycles. The molecular weight excluding hydrogens is 510 g/mol. The molecule has 6 aromatic carbocycles. The molecule has 0 spiro atoms. The molecule has 0 saturated carbocycles. The fourth-order valence-electron chi connectivity index (χ4n) is 7.41. The maximum atomic E-state index is 4.76. The van der Waals surface area contributed by atoms with Gasteiger partial charge in [-0.05, 0) is 54.1 Å². The molecule has 0 aliphatic heterocycles. The molecule has 1 aliphatic rings. The first-order chi connectivity index (χ1) is 20.9. The van der Waals surface area contributed by atoms with Gasteiger partial charge in [-0.1, -0.05) is 84.9 Å². The van der Waals surface area contributed by atoms with Gasteiger partial charge in [0.25, 0.3) is 0 Å². The van der Waals surface area contributed by atoms with E-state index in [0.29, 0.717) is 0 Å². The summed E-state index contributed by atoms with van der Waals surface area (Å²) in [5.41, 5.74) is 12.0. The number of hydrogen-bond acceptors (Lipinski definition) is 1. The van der Waals surface area contributed by atoms with Crippen molar-refractivity contribution in [1.82, 2.24) is 14.1 Å². The molecule has 194 valence electrons. The Morgan fingerprint density at radius 1 is 0.405 bits per heavy atom. The predicted octanol–water partition coefficient (Wildman–Crippen LogP) is 10.1. The highest BCUT2D eigenvalue weighted by atomic mass is 15.0. The van der Waals surface area contributed by atoms with Crippen LogP contribution in [0.1, 0.15) is 0 Å². The van der Waals surface area contributed by atoms with Crippen LogP contribution in [0.5, 0.6) is 0 Å². The number of rotatable bonds is 2. The Hall–Kier alpha value is -5.67. The molecule has 42 heavy (non-hydrogen) atoms. The molecule has 0 atom stereocenters. The second-order valence-corrected chi connectivity index (χ2v) is 11.2. The third-order valence-corrected chi connectivity index (χ3v) is 9.11. The highest BCUT2D eigenvalue weighted by molar-refractivity contribution is 6.18. The van der Waals surface area contributed by atoms with Crippen LogP contribution >= 0.6 is 0 Å². The number of pyridine rings is 1. The van der Waals surface area contributed by atoms with Crippen molar-refractivity contribution in [3.63, 3.8) is 0 Å². The Labute approximate surface area is 241 Å². The van der Waals surface area contributed by atoms with Gasteiger partial charge in [-0.2, -0.15) is 0 Å². The highest BCUT2D eigenvalue weighted by Crippen LogP contribution is 2.48. The van der Waals surface area contributed by atoms with Gasteiger partial charge in [0.15, 0.2) is 0 Å². The zero-order valence-corrected chi connectivity index (χ0v) is 22.6.